The molecular weight excluding hydrogens is 272 g/mol. The molecule has 1 aromatic rings. The number of urea groups is 1. The molecule has 3 N–H and O–H groups in total. The summed E-state index contributed by atoms with van der Waals surface area (Å²) in [6, 6.07) is 5.82. The smallest absolute Gasteiger partial charge is 0.319 e. The SMILES string of the molecule is CC(=O)c1cccc(NC(=O)NC2CCCC2C(=O)O)c1. The van der Waals surface area contributed by atoms with Crippen molar-refractivity contribution in [2.75, 3.05) is 5.32 Å². The van der Waals surface area contributed by atoms with Crippen LogP contribution in [0.15, 0.2) is 24.3 Å². The Bertz CT molecular complexity index is 571. The molecule has 21 heavy (non-hydrogen) atoms. The fourth-order valence-electron chi connectivity index (χ4n) is 2.58. The van der Waals surface area contributed by atoms with E-state index in [9.17, 15) is 14.4 Å². The normalized spacial score (nSPS) is 20.8. The first-order valence-corrected chi connectivity index (χ1v) is 6.88. The molecule has 2 unspecified atom stereocenters. The number of carbonyl (C=O) groups excluding carboxylic acids is 2. The maximum atomic E-state index is 11.9. The van der Waals surface area contributed by atoms with E-state index in [1.807, 2.05) is 0 Å². The Morgan fingerprint density at radius 1 is 1.24 bits per heavy atom. The Morgan fingerprint density at radius 2 is 2.00 bits per heavy atom. The lowest BCUT2D eigenvalue weighted by atomic mass is 10.0. The van der Waals surface area contributed by atoms with Crippen molar-refractivity contribution >= 4 is 23.5 Å². The number of Topliss-reactive ketones (excluding diaryl/α,β-unsaturated/α-hetero) is 1. The maximum absolute atomic E-state index is 11.9. The molecule has 2 atom stereocenters. The zero-order chi connectivity index (χ0) is 15.4. The van der Waals surface area contributed by atoms with Crippen LogP contribution in [0.25, 0.3) is 0 Å². The summed E-state index contributed by atoms with van der Waals surface area (Å²) in [5.41, 5.74) is 1.02. The third-order valence-electron chi connectivity index (χ3n) is 3.68. The van der Waals surface area contributed by atoms with Gasteiger partial charge in [0.1, 0.15) is 0 Å². The average molecular weight is 290 g/mol. The quantitative estimate of drug-likeness (QED) is 0.741. The molecule has 6 nitrogen and oxygen atoms in total. The minimum atomic E-state index is -0.878. The van der Waals surface area contributed by atoms with Gasteiger partial charge >= 0.3 is 12.0 Å². The molecule has 2 amide bonds. The number of aliphatic carboxylic acids is 1. The summed E-state index contributed by atoms with van der Waals surface area (Å²) < 4.78 is 0. The van der Waals surface area contributed by atoms with E-state index in [1.165, 1.54) is 6.92 Å². The van der Waals surface area contributed by atoms with E-state index in [4.69, 9.17) is 5.11 Å². The summed E-state index contributed by atoms with van der Waals surface area (Å²) in [5, 5.41) is 14.4. The van der Waals surface area contributed by atoms with E-state index in [0.717, 1.165) is 6.42 Å². The molecule has 0 saturated heterocycles. The van der Waals surface area contributed by atoms with Gasteiger partial charge in [0.15, 0.2) is 5.78 Å². The number of carboxylic acids is 1. The van der Waals surface area contributed by atoms with Crippen LogP contribution in [-0.2, 0) is 4.79 Å². The van der Waals surface area contributed by atoms with Gasteiger partial charge in [-0.25, -0.2) is 4.79 Å². The van der Waals surface area contributed by atoms with E-state index < -0.39 is 17.9 Å². The first-order valence-electron chi connectivity index (χ1n) is 6.88. The van der Waals surface area contributed by atoms with Gasteiger partial charge in [-0.3, -0.25) is 9.59 Å². The van der Waals surface area contributed by atoms with Crippen molar-refractivity contribution in [3.8, 4) is 0 Å². The molecule has 0 aliphatic heterocycles. The molecule has 0 spiro atoms. The minimum absolute atomic E-state index is 0.0826. The van der Waals surface area contributed by atoms with Crippen LogP contribution < -0.4 is 10.6 Å². The summed E-state index contributed by atoms with van der Waals surface area (Å²) in [6.07, 6.45) is 2.04. The predicted octanol–water partition coefficient (Wildman–Crippen LogP) is 2.26. The third-order valence-corrected chi connectivity index (χ3v) is 3.68. The summed E-state index contributed by atoms with van der Waals surface area (Å²) in [5.74, 6) is -1.49. The standard InChI is InChI=1S/C15H18N2O4/c1-9(18)10-4-2-5-11(8-10)16-15(21)17-13-7-3-6-12(13)14(19)20/h2,4-5,8,12-13H,3,6-7H2,1H3,(H,19,20)(H2,16,17,21). The van der Waals surface area contributed by atoms with Gasteiger partial charge in [-0.05, 0) is 31.9 Å². The number of ketones is 1. The number of benzene rings is 1. The highest BCUT2D eigenvalue weighted by Gasteiger charge is 2.33. The second-order valence-corrected chi connectivity index (χ2v) is 5.22. The second kappa shape index (κ2) is 6.39. The van der Waals surface area contributed by atoms with Gasteiger partial charge < -0.3 is 15.7 Å². The molecule has 0 bridgehead atoms. The summed E-state index contributed by atoms with van der Waals surface area (Å²) >= 11 is 0. The molecule has 6 heteroatoms. The van der Waals surface area contributed by atoms with Crippen LogP contribution in [0.4, 0.5) is 10.5 Å². The average Bonchev–Trinajstić information content (AvgIpc) is 2.87. The lowest BCUT2D eigenvalue weighted by Crippen LogP contribution is -2.42. The lowest BCUT2D eigenvalue weighted by Gasteiger charge is -2.18. The number of hydrogen-bond acceptors (Lipinski definition) is 3. The number of hydrogen-bond donors (Lipinski definition) is 3. The largest absolute Gasteiger partial charge is 0.481 e. The number of carboxylic acid groups (broad SMARTS) is 1. The van der Waals surface area contributed by atoms with Crippen LogP contribution in [0.3, 0.4) is 0 Å². The van der Waals surface area contributed by atoms with Gasteiger partial charge in [-0.2, -0.15) is 0 Å². The van der Waals surface area contributed by atoms with E-state index in [0.29, 0.717) is 24.1 Å². The summed E-state index contributed by atoms with van der Waals surface area (Å²) in [6.45, 7) is 1.45. The molecule has 2 rings (SSSR count). The van der Waals surface area contributed by atoms with Crippen LogP contribution in [0.5, 0.6) is 0 Å². The zero-order valence-electron chi connectivity index (χ0n) is 11.8. The number of amides is 2. The molecule has 1 aliphatic carbocycles. The first kappa shape index (κ1) is 15.0. The Morgan fingerprint density at radius 3 is 2.67 bits per heavy atom. The second-order valence-electron chi connectivity index (χ2n) is 5.22. The number of anilines is 1. The zero-order valence-corrected chi connectivity index (χ0v) is 11.8. The van der Waals surface area contributed by atoms with Crippen molar-refractivity contribution < 1.29 is 19.5 Å². The summed E-state index contributed by atoms with van der Waals surface area (Å²) in [4.78, 5) is 34.3. The van der Waals surface area contributed by atoms with Crippen molar-refractivity contribution in [2.24, 2.45) is 5.92 Å². The Kier molecular flexibility index (Phi) is 4.57. The van der Waals surface area contributed by atoms with Gasteiger partial charge in [-0.15, -0.1) is 0 Å². The monoisotopic (exact) mass is 290 g/mol. The van der Waals surface area contributed by atoms with Gasteiger partial charge in [0, 0.05) is 17.3 Å². The Hall–Kier alpha value is -2.37. The van der Waals surface area contributed by atoms with Gasteiger partial charge in [-0.1, -0.05) is 18.6 Å². The molecule has 1 fully saturated rings. The topological polar surface area (TPSA) is 95.5 Å². The fraction of sp³-hybridized carbons (Fsp3) is 0.400. The highest BCUT2D eigenvalue weighted by Crippen LogP contribution is 2.25. The molecular formula is C15H18N2O4. The van der Waals surface area contributed by atoms with Crippen LogP contribution in [-0.4, -0.2) is 28.9 Å². The molecule has 1 saturated carbocycles. The van der Waals surface area contributed by atoms with Crippen molar-refractivity contribution in [1.29, 1.82) is 0 Å². The molecule has 1 aromatic carbocycles. The lowest BCUT2D eigenvalue weighted by molar-refractivity contribution is -0.142. The molecule has 1 aliphatic rings. The molecule has 0 heterocycles. The van der Waals surface area contributed by atoms with Crippen LogP contribution in [0, 0.1) is 5.92 Å². The molecule has 112 valence electrons. The van der Waals surface area contributed by atoms with E-state index in [2.05, 4.69) is 10.6 Å². The van der Waals surface area contributed by atoms with Crippen molar-refractivity contribution in [1.82, 2.24) is 5.32 Å². The third kappa shape index (κ3) is 3.81. The number of rotatable bonds is 4. The van der Waals surface area contributed by atoms with Gasteiger partial charge in [0.05, 0.1) is 5.92 Å². The maximum Gasteiger partial charge on any atom is 0.319 e. The van der Waals surface area contributed by atoms with Crippen LogP contribution in [0.2, 0.25) is 0 Å². The van der Waals surface area contributed by atoms with Crippen molar-refractivity contribution in [3.05, 3.63) is 29.8 Å². The Labute approximate surface area is 122 Å². The van der Waals surface area contributed by atoms with Crippen LogP contribution in [0.1, 0.15) is 36.5 Å². The predicted molar refractivity (Wildman–Crippen MR) is 77.4 cm³/mol. The van der Waals surface area contributed by atoms with Gasteiger partial charge in [0.25, 0.3) is 0 Å². The number of carbonyl (C=O) groups is 3. The summed E-state index contributed by atoms with van der Waals surface area (Å²) in [7, 11) is 0. The highest BCUT2D eigenvalue weighted by atomic mass is 16.4. The van der Waals surface area contributed by atoms with Crippen molar-refractivity contribution in [2.45, 2.75) is 32.2 Å². The fourth-order valence-corrected chi connectivity index (χ4v) is 2.58. The van der Waals surface area contributed by atoms with Crippen LogP contribution >= 0.6 is 0 Å². The highest BCUT2D eigenvalue weighted by molar-refractivity contribution is 5.96. The minimum Gasteiger partial charge on any atom is -0.481 e. The number of nitrogens with one attached hydrogen (secondary N) is 2. The first-order chi connectivity index (χ1) is 9.97. The molecule has 0 radical (unpaired) electrons. The van der Waals surface area contributed by atoms with Crippen molar-refractivity contribution in [3.63, 3.8) is 0 Å². The van der Waals surface area contributed by atoms with Gasteiger partial charge in [0.2, 0.25) is 0 Å². The van der Waals surface area contributed by atoms with E-state index in [-0.39, 0.29) is 11.8 Å². The van der Waals surface area contributed by atoms with E-state index >= 15 is 0 Å². The Balaban J connectivity index is 1.97. The van der Waals surface area contributed by atoms with E-state index in [1.54, 1.807) is 24.3 Å². The molecule has 0 aromatic heterocycles.